The second-order valence-corrected chi connectivity index (χ2v) is 15.7. The van der Waals surface area contributed by atoms with E-state index in [0.29, 0.717) is 0 Å². The van der Waals surface area contributed by atoms with Gasteiger partial charge in [-0.1, -0.05) is 24.1 Å². The first-order chi connectivity index (χ1) is 21.3. The monoisotopic (exact) mass is 705 g/mol. The van der Waals surface area contributed by atoms with Crippen molar-refractivity contribution in [3.8, 4) is 0 Å². The minimum absolute atomic E-state index is 0.0433. The van der Waals surface area contributed by atoms with Crippen LogP contribution in [0.25, 0.3) is 22.3 Å². The van der Waals surface area contributed by atoms with E-state index in [-0.39, 0.29) is 34.1 Å². The average molecular weight is 706 g/mol. The molecule has 242 valence electrons. The molecule has 3 aliphatic heterocycles. The predicted octanol–water partition coefficient (Wildman–Crippen LogP) is -1.92. The molecule has 0 aliphatic carbocycles. The van der Waals surface area contributed by atoms with Crippen molar-refractivity contribution in [2.75, 3.05) is 24.7 Å². The minimum atomic E-state index is -4.44. The van der Waals surface area contributed by atoms with Crippen molar-refractivity contribution in [1.82, 2.24) is 39.0 Å². The molecule has 3 saturated heterocycles. The number of rotatable bonds is 2. The molecule has 0 aromatic carbocycles. The second kappa shape index (κ2) is 11.3. The predicted molar refractivity (Wildman–Crippen MR) is 155 cm³/mol. The highest BCUT2D eigenvalue weighted by molar-refractivity contribution is 8.44. The first-order valence-electron chi connectivity index (χ1n) is 12.9. The topological polar surface area (TPSA) is 295 Å². The molecule has 0 radical (unpaired) electrons. The fraction of sp³-hybridized carbons (Fsp3) is 0.500. The highest BCUT2D eigenvalue weighted by atomic mass is 32.7. The maximum Gasteiger partial charge on any atom is 0.386 e. The number of aliphatic hydroxyl groups is 2. The summed E-state index contributed by atoms with van der Waals surface area (Å²) < 4.78 is 50.1. The molecule has 3 aliphatic rings. The van der Waals surface area contributed by atoms with Crippen LogP contribution in [0.3, 0.4) is 0 Å². The third kappa shape index (κ3) is 5.56. The van der Waals surface area contributed by atoms with Crippen molar-refractivity contribution in [2.45, 2.75) is 49.1 Å². The number of aromatic amines is 1. The zero-order chi connectivity index (χ0) is 31.8. The van der Waals surface area contributed by atoms with Crippen LogP contribution in [0.5, 0.6) is 0 Å². The molecule has 4 aromatic rings. The molecular weight excluding hydrogens is 682 g/mol. The van der Waals surface area contributed by atoms with Gasteiger partial charge in [0.1, 0.15) is 55.2 Å². The number of anilines is 2. The maximum atomic E-state index is 13.5. The molecule has 0 amide bonds. The summed E-state index contributed by atoms with van der Waals surface area (Å²) in [5.74, 6) is -0.150. The molecule has 0 spiro atoms. The van der Waals surface area contributed by atoms with E-state index in [1.807, 2.05) is 0 Å². The third-order valence-corrected chi connectivity index (χ3v) is 10.5. The van der Waals surface area contributed by atoms with Gasteiger partial charge in [-0.3, -0.25) is 28.0 Å². The molecule has 3 fully saturated rings. The number of H-pyrrole nitrogens is 1. The Morgan fingerprint density at radius 3 is 2.42 bits per heavy atom. The van der Waals surface area contributed by atoms with Crippen molar-refractivity contribution in [1.29, 1.82) is 0 Å². The molecular formula is C20H23N10O11P2S2-. The maximum absolute atomic E-state index is 13.5. The molecule has 4 aromatic heterocycles. The number of aliphatic hydroxyl groups excluding tert-OH is 2. The van der Waals surface area contributed by atoms with Gasteiger partial charge in [0.15, 0.2) is 35.1 Å². The normalized spacial score (nSPS) is 37.7. The molecule has 2 bridgehead atoms. The number of nitrogens with one attached hydrogen (secondary N) is 1. The first kappa shape index (κ1) is 31.0. The summed E-state index contributed by atoms with van der Waals surface area (Å²) in [5, 5.41) is 22.4. The van der Waals surface area contributed by atoms with Gasteiger partial charge < -0.3 is 45.1 Å². The zero-order valence-electron chi connectivity index (χ0n) is 22.4. The summed E-state index contributed by atoms with van der Waals surface area (Å²) in [5.41, 5.74) is 11.2. The quantitative estimate of drug-likeness (QED) is 0.0978. The lowest BCUT2D eigenvalue weighted by Crippen LogP contribution is -2.37. The van der Waals surface area contributed by atoms with Gasteiger partial charge in [0.2, 0.25) is 5.95 Å². The fourth-order valence-electron chi connectivity index (χ4n) is 5.29. The summed E-state index contributed by atoms with van der Waals surface area (Å²) in [6.45, 7) is -10.0. The van der Waals surface area contributed by atoms with Gasteiger partial charge in [0.05, 0.1) is 25.9 Å². The number of nitrogens with zero attached hydrogens (tertiary/aromatic N) is 7. The molecule has 7 N–H and O–H groups in total. The molecule has 25 heteroatoms. The summed E-state index contributed by atoms with van der Waals surface area (Å²) in [7, 11) is 0. The Morgan fingerprint density at radius 2 is 1.64 bits per heavy atom. The number of aromatic nitrogens is 8. The van der Waals surface area contributed by atoms with Gasteiger partial charge in [0, 0.05) is 0 Å². The van der Waals surface area contributed by atoms with E-state index in [4.69, 9.17) is 50.8 Å². The highest BCUT2D eigenvalue weighted by Crippen LogP contribution is 2.58. The molecule has 45 heavy (non-hydrogen) atoms. The molecule has 10 atom stereocenters. The van der Waals surface area contributed by atoms with Gasteiger partial charge in [-0.2, -0.15) is 4.98 Å². The Hall–Kier alpha value is -2.63. The van der Waals surface area contributed by atoms with Crippen LogP contribution >= 0.6 is 25.8 Å². The van der Waals surface area contributed by atoms with Gasteiger partial charge in [-0.05, 0) is 0 Å². The molecule has 0 saturated carbocycles. The fourth-order valence-corrected chi connectivity index (χ4v) is 8.18. The minimum Gasteiger partial charge on any atom is -0.780 e. The number of thiol groups is 1. The number of imidazole rings is 2. The lowest BCUT2D eigenvalue weighted by molar-refractivity contribution is -0.217. The van der Waals surface area contributed by atoms with Gasteiger partial charge in [-0.15, -0.1) is 0 Å². The lowest BCUT2D eigenvalue weighted by Gasteiger charge is -2.34. The zero-order valence-corrected chi connectivity index (χ0v) is 25.9. The standard InChI is InChI=1S/C20H24N10O11P2S2/c21-14-8-15(24-3-23-14)29(4-25-8)18-11(32)12-7(39-18)2-37-43(35,45)41-13-10(31)6(1-36-42(34,44)40-12)38-19(13)30-5-26-9-16(30)27-20(22)28-17(9)33/h3-7,10-13,18-19,31-32H,1-2H2,(H,34,44)(H,35,45)(H2,21,23,24)(H3,22,27,28,33)/p-1/t6-,7-,10-,11-,12-,13-,18-,19-,42?,43?/m1/s1. The van der Waals surface area contributed by atoms with Crippen LogP contribution in [0.4, 0.5) is 11.8 Å². The Morgan fingerprint density at radius 1 is 0.956 bits per heavy atom. The van der Waals surface area contributed by atoms with Gasteiger partial charge in [0.25, 0.3) is 5.56 Å². The van der Waals surface area contributed by atoms with Crippen LogP contribution in [-0.2, 0) is 43.9 Å². The van der Waals surface area contributed by atoms with E-state index < -0.39 is 81.4 Å². The van der Waals surface area contributed by atoms with Crippen LogP contribution in [0.1, 0.15) is 12.5 Å². The van der Waals surface area contributed by atoms with Crippen molar-refractivity contribution >= 4 is 71.7 Å². The molecule has 21 nitrogen and oxygen atoms in total. The molecule has 7 rings (SSSR count). The SMILES string of the molecule is Nc1nc2c(ncn2[C@@H]2O[C@@H]3COP([O-])(=S)O[C@H]4[C@@H](O)[C@H](n5cnc6c(N)ncnc65)O[C@@H]4COP(=O)(S)O[C@@H]2[C@@H]3O)c(=O)[nH]1. The number of nitrogens with two attached hydrogens (primary N) is 2. The van der Waals surface area contributed by atoms with Crippen LogP contribution in [0.15, 0.2) is 23.8 Å². The second-order valence-electron chi connectivity index (χ2n) is 10.1. The number of ether oxygens (including phenoxy) is 2. The molecule has 7 heterocycles. The van der Waals surface area contributed by atoms with E-state index in [9.17, 15) is 24.5 Å². The van der Waals surface area contributed by atoms with Crippen molar-refractivity contribution in [3.63, 3.8) is 0 Å². The van der Waals surface area contributed by atoms with Crippen LogP contribution < -0.4 is 21.9 Å². The van der Waals surface area contributed by atoms with Gasteiger partial charge >= 0.3 is 6.80 Å². The van der Waals surface area contributed by atoms with E-state index in [0.717, 1.165) is 0 Å². The lowest BCUT2D eigenvalue weighted by atomic mass is 10.1. The number of hydrogen-bond donors (Lipinski definition) is 6. The smallest absolute Gasteiger partial charge is 0.386 e. The number of hydrogen-bond acceptors (Lipinski definition) is 19. The van der Waals surface area contributed by atoms with Gasteiger partial charge in [-0.25, -0.2) is 24.5 Å². The van der Waals surface area contributed by atoms with E-state index in [1.165, 1.54) is 28.1 Å². The van der Waals surface area contributed by atoms with Crippen molar-refractivity contribution in [3.05, 3.63) is 29.3 Å². The van der Waals surface area contributed by atoms with E-state index in [2.05, 4.69) is 42.2 Å². The number of nitrogen functional groups attached to an aromatic ring is 2. The summed E-state index contributed by atoms with van der Waals surface area (Å²) in [6, 6.07) is 0. The summed E-state index contributed by atoms with van der Waals surface area (Å²) in [4.78, 5) is 48.2. The summed E-state index contributed by atoms with van der Waals surface area (Å²) >= 11 is 9.17. The Kier molecular flexibility index (Phi) is 7.76. The van der Waals surface area contributed by atoms with Crippen molar-refractivity contribution < 1.29 is 47.2 Å². The van der Waals surface area contributed by atoms with Crippen molar-refractivity contribution in [2.24, 2.45) is 0 Å². The van der Waals surface area contributed by atoms with E-state index >= 15 is 0 Å². The highest BCUT2D eigenvalue weighted by Gasteiger charge is 2.52. The first-order valence-corrected chi connectivity index (χ1v) is 18.2. The Bertz CT molecular complexity index is 1940. The average Bonchev–Trinajstić information content (AvgIpc) is 3.72. The van der Waals surface area contributed by atoms with E-state index in [1.54, 1.807) is 0 Å². The molecule has 2 unspecified atom stereocenters. The third-order valence-electron chi connectivity index (χ3n) is 7.31. The van der Waals surface area contributed by atoms with Crippen LogP contribution in [0, 0.1) is 0 Å². The largest absolute Gasteiger partial charge is 0.780 e. The summed E-state index contributed by atoms with van der Waals surface area (Å²) in [6.07, 6.45) is -7.58. The van der Waals surface area contributed by atoms with Crippen LogP contribution in [-0.4, -0.2) is 99.1 Å². The van der Waals surface area contributed by atoms with Crippen LogP contribution in [0.2, 0.25) is 0 Å². The Labute approximate surface area is 260 Å². The number of fused-ring (bicyclic) bond motifs is 5. The Balaban J connectivity index is 1.21.